The zero-order valence-electron chi connectivity index (χ0n) is 22.3. The Kier molecular flexibility index (Phi) is 7.84. The molecule has 0 aliphatic heterocycles. The Morgan fingerprint density at radius 2 is 0.500 bits per heavy atom. The van der Waals surface area contributed by atoms with Gasteiger partial charge in [0.25, 0.3) is 0 Å². The SMILES string of the molecule is C[N+](C)(C)C.Cc1ccc([B-](c2ccc(C)cc2)(c2ccc(C)cc2)c2ccc(C)cc2)cc1. The van der Waals surface area contributed by atoms with Gasteiger partial charge in [-0.15, -0.1) is 0 Å². The predicted octanol–water partition coefficient (Wildman–Crippen LogP) is 4.62. The fraction of sp³-hybridized carbons (Fsp3) is 0.250. The average Bonchev–Trinajstić information content (AvgIpc) is 2.77. The maximum atomic E-state index is 2.31. The first kappa shape index (κ1) is 25.5. The molecule has 0 atom stereocenters. The molecule has 0 heterocycles. The number of nitrogens with zero attached hydrogens (tertiary/aromatic N) is 1. The molecule has 34 heavy (non-hydrogen) atoms. The van der Waals surface area contributed by atoms with E-state index in [1.165, 1.54) is 44.1 Å². The van der Waals surface area contributed by atoms with E-state index >= 15 is 0 Å². The molecule has 4 aromatic carbocycles. The summed E-state index contributed by atoms with van der Waals surface area (Å²) in [5.74, 6) is 0. The first-order chi connectivity index (χ1) is 16.0. The van der Waals surface area contributed by atoms with Crippen LogP contribution < -0.4 is 21.9 Å². The van der Waals surface area contributed by atoms with Crippen molar-refractivity contribution in [1.29, 1.82) is 0 Å². The molecule has 0 N–H and O–H groups in total. The van der Waals surface area contributed by atoms with Crippen molar-refractivity contribution in [3.8, 4) is 0 Å². The Morgan fingerprint density at radius 1 is 0.353 bits per heavy atom. The zero-order valence-corrected chi connectivity index (χ0v) is 22.3. The lowest BCUT2D eigenvalue weighted by Gasteiger charge is -2.44. The second-order valence-electron chi connectivity index (χ2n) is 11.2. The molecule has 0 fully saturated rings. The van der Waals surface area contributed by atoms with Crippen LogP contribution in [-0.4, -0.2) is 38.8 Å². The van der Waals surface area contributed by atoms with Gasteiger partial charge in [-0.05, 0) is 27.7 Å². The molecule has 4 rings (SSSR count). The number of benzene rings is 4. The van der Waals surface area contributed by atoms with Gasteiger partial charge in [-0.1, -0.05) is 119 Å². The minimum absolute atomic E-state index is 1.00. The van der Waals surface area contributed by atoms with Crippen LogP contribution in [0.25, 0.3) is 0 Å². The summed E-state index contributed by atoms with van der Waals surface area (Å²) in [6, 6.07) is 36.4. The summed E-state index contributed by atoms with van der Waals surface area (Å²) in [4.78, 5) is 0. The molecule has 0 saturated carbocycles. The van der Waals surface area contributed by atoms with Crippen LogP contribution in [0.5, 0.6) is 0 Å². The van der Waals surface area contributed by atoms with E-state index in [0.29, 0.717) is 0 Å². The van der Waals surface area contributed by atoms with Gasteiger partial charge < -0.3 is 4.48 Å². The molecule has 0 aromatic heterocycles. The second-order valence-corrected chi connectivity index (χ2v) is 11.2. The van der Waals surface area contributed by atoms with Crippen molar-refractivity contribution in [1.82, 2.24) is 0 Å². The van der Waals surface area contributed by atoms with Crippen molar-refractivity contribution < 1.29 is 4.48 Å². The Labute approximate surface area is 207 Å². The summed E-state index contributed by atoms with van der Waals surface area (Å²) in [5, 5.41) is 0. The number of aryl methyl sites for hydroxylation is 4. The summed E-state index contributed by atoms with van der Waals surface area (Å²) in [5.41, 5.74) is 10.6. The van der Waals surface area contributed by atoms with Crippen LogP contribution in [0.3, 0.4) is 0 Å². The van der Waals surface area contributed by atoms with Crippen LogP contribution in [-0.2, 0) is 0 Å². The maximum absolute atomic E-state index is 2.31. The standard InChI is InChI=1S/C28H28B.C4H12N/c1-21-5-13-25(14-6-21)29(26-15-7-22(2)8-16-26,27-17-9-23(3)10-18-27)28-19-11-24(4)12-20-28;1-5(2,3)4/h5-20H,1-4H3;1-4H3/q-1;+1. The van der Waals surface area contributed by atoms with E-state index in [2.05, 4.69) is 153 Å². The van der Waals surface area contributed by atoms with Crippen molar-refractivity contribution >= 4 is 28.0 Å². The third-order valence-corrected chi connectivity index (χ3v) is 6.31. The van der Waals surface area contributed by atoms with Crippen LogP contribution >= 0.6 is 0 Å². The molecule has 0 amide bonds. The van der Waals surface area contributed by atoms with Gasteiger partial charge in [-0.25, -0.2) is 0 Å². The number of hydrogen-bond acceptors (Lipinski definition) is 0. The lowest BCUT2D eigenvalue weighted by Crippen LogP contribution is -2.74. The number of rotatable bonds is 4. The smallest absolute Gasteiger partial charge is 0.108 e. The van der Waals surface area contributed by atoms with E-state index in [1.54, 1.807) is 0 Å². The van der Waals surface area contributed by atoms with Gasteiger partial charge >= 0.3 is 0 Å². The first-order valence-corrected chi connectivity index (χ1v) is 12.2. The number of quaternary nitrogens is 1. The summed E-state index contributed by atoms with van der Waals surface area (Å²) in [6.45, 7) is 8.62. The van der Waals surface area contributed by atoms with Crippen molar-refractivity contribution in [2.45, 2.75) is 27.7 Å². The molecule has 1 nitrogen and oxygen atoms in total. The van der Waals surface area contributed by atoms with Crippen LogP contribution in [0, 0.1) is 27.7 Å². The summed E-state index contributed by atoms with van der Waals surface area (Å²) < 4.78 is 1.00. The van der Waals surface area contributed by atoms with E-state index in [1.807, 2.05) is 0 Å². The van der Waals surface area contributed by atoms with Gasteiger partial charge in [-0.3, -0.25) is 0 Å². The van der Waals surface area contributed by atoms with Gasteiger partial charge in [0.15, 0.2) is 0 Å². The highest BCUT2D eigenvalue weighted by atomic mass is 15.2. The lowest BCUT2D eigenvalue weighted by molar-refractivity contribution is -0.849. The molecular weight excluding hydrogens is 409 g/mol. The van der Waals surface area contributed by atoms with Gasteiger partial charge in [-0.2, -0.15) is 21.9 Å². The minimum atomic E-state index is -1.27. The molecule has 0 aliphatic carbocycles. The largest absolute Gasteiger partial charge is 0.333 e. The zero-order chi connectivity index (χ0) is 24.9. The van der Waals surface area contributed by atoms with Crippen molar-refractivity contribution in [3.63, 3.8) is 0 Å². The van der Waals surface area contributed by atoms with Crippen molar-refractivity contribution in [3.05, 3.63) is 119 Å². The number of hydrogen-bond donors (Lipinski definition) is 0. The Bertz CT molecular complexity index is 987. The van der Waals surface area contributed by atoms with Crippen LogP contribution in [0.2, 0.25) is 0 Å². The molecule has 0 spiro atoms. The quantitative estimate of drug-likeness (QED) is 0.315. The van der Waals surface area contributed by atoms with Crippen molar-refractivity contribution in [2.75, 3.05) is 28.2 Å². The van der Waals surface area contributed by atoms with E-state index in [9.17, 15) is 0 Å². The van der Waals surface area contributed by atoms with E-state index < -0.39 is 6.15 Å². The summed E-state index contributed by atoms with van der Waals surface area (Å²) >= 11 is 0. The molecule has 0 saturated heterocycles. The molecule has 0 radical (unpaired) electrons. The predicted molar refractivity (Wildman–Crippen MR) is 153 cm³/mol. The van der Waals surface area contributed by atoms with Crippen LogP contribution in [0.4, 0.5) is 0 Å². The monoisotopic (exact) mass is 449 g/mol. The van der Waals surface area contributed by atoms with Crippen LogP contribution in [0.15, 0.2) is 97.1 Å². The van der Waals surface area contributed by atoms with Crippen LogP contribution in [0.1, 0.15) is 22.3 Å². The Morgan fingerprint density at radius 3 is 0.647 bits per heavy atom. The second kappa shape index (κ2) is 10.4. The average molecular weight is 449 g/mol. The minimum Gasteiger partial charge on any atom is -0.333 e. The van der Waals surface area contributed by atoms with E-state index in [-0.39, 0.29) is 0 Å². The molecular formula is C32H40BN. The summed E-state index contributed by atoms with van der Waals surface area (Å²) in [6.07, 6.45) is -1.27. The van der Waals surface area contributed by atoms with E-state index in [4.69, 9.17) is 0 Å². The van der Waals surface area contributed by atoms with Gasteiger partial charge in [0.05, 0.1) is 28.2 Å². The topological polar surface area (TPSA) is 0 Å². The maximum Gasteiger partial charge on any atom is 0.108 e. The fourth-order valence-electron chi connectivity index (χ4n) is 4.58. The van der Waals surface area contributed by atoms with E-state index in [0.717, 1.165) is 4.48 Å². The Hall–Kier alpha value is -3.10. The highest BCUT2D eigenvalue weighted by Crippen LogP contribution is 2.12. The molecule has 0 bridgehead atoms. The first-order valence-electron chi connectivity index (χ1n) is 12.2. The fourth-order valence-corrected chi connectivity index (χ4v) is 4.58. The molecule has 2 heteroatoms. The van der Waals surface area contributed by atoms with Gasteiger partial charge in [0.2, 0.25) is 0 Å². The third-order valence-electron chi connectivity index (χ3n) is 6.31. The van der Waals surface area contributed by atoms with Gasteiger partial charge in [0.1, 0.15) is 6.15 Å². The summed E-state index contributed by atoms with van der Waals surface area (Å²) in [7, 11) is 8.50. The highest BCUT2D eigenvalue weighted by molar-refractivity contribution is 7.19. The molecule has 0 aliphatic rings. The molecule has 176 valence electrons. The molecule has 0 unspecified atom stereocenters. The Balaban J connectivity index is 0.000000588. The van der Waals surface area contributed by atoms with Gasteiger partial charge in [0, 0.05) is 0 Å². The molecule has 4 aromatic rings. The van der Waals surface area contributed by atoms with Crippen molar-refractivity contribution in [2.24, 2.45) is 0 Å². The lowest BCUT2D eigenvalue weighted by atomic mass is 9.13. The highest BCUT2D eigenvalue weighted by Gasteiger charge is 2.31. The normalized spacial score (nSPS) is 11.5. The third kappa shape index (κ3) is 6.07.